The number of hydrogen-bond acceptors (Lipinski definition) is 3. The van der Waals surface area contributed by atoms with E-state index in [1.807, 2.05) is 6.07 Å². The summed E-state index contributed by atoms with van der Waals surface area (Å²) in [5, 5.41) is 0. The summed E-state index contributed by atoms with van der Waals surface area (Å²) < 4.78 is 5.80. The molecule has 2 rings (SSSR count). The molecule has 1 aliphatic heterocycles. The van der Waals surface area contributed by atoms with Crippen molar-refractivity contribution in [2.75, 3.05) is 6.61 Å². The third kappa shape index (κ3) is 2.30. The largest absolute Gasteiger partial charge is 0.487 e. The maximum Gasteiger partial charge on any atom is 0.123 e. The Kier molecular flexibility index (Phi) is 2.67. The maximum absolute atomic E-state index is 5.80. The molecule has 0 aromatic heterocycles. The summed E-state index contributed by atoms with van der Waals surface area (Å²) >= 11 is 0. The van der Waals surface area contributed by atoms with Crippen molar-refractivity contribution in [3.8, 4) is 5.75 Å². The summed E-state index contributed by atoms with van der Waals surface area (Å²) in [5.74, 6) is 6.02. The minimum atomic E-state index is -0.0642. The van der Waals surface area contributed by atoms with Gasteiger partial charge in [0.15, 0.2) is 0 Å². The van der Waals surface area contributed by atoms with Gasteiger partial charge in [0.05, 0.1) is 6.61 Å². The third-order valence-corrected chi connectivity index (χ3v) is 2.64. The first-order valence-electron chi connectivity index (χ1n) is 5.23. The SMILES string of the molecule is CC1(C)Cc2cc(CCON)ccc2O1. The summed E-state index contributed by atoms with van der Waals surface area (Å²) in [6.07, 6.45) is 1.82. The normalized spacial score (nSPS) is 17.3. The lowest BCUT2D eigenvalue weighted by Crippen LogP contribution is -2.24. The molecule has 1 aromatic rings. The van der Waals surface area contributed by atoms with Crippen LogP contribution in [0.4, 0.5) is 0 Å². The van der Waals surface area contributed by atoms with Crippen molar-refractivity contribution in [2.45, 2.75) is 32.3 Å². The molecule has 82 valence electrons. The minimum Gasteiger partial charge on any atom is -0.487 e. The standard InChI is InChI=1S/C12H17NO2/c1-12(2)8-10-7-9(5-6-14-13)3-4-11(10)15-12/h3-4,7H,5-6,8,13H2,1-2H3. The fourth-order valence-corrected chi connectivity index (χ4v) is 2.00. The Hall–Kier alpha value is -1.06. The Bertz CT molecular complexity index is 361. The molecule has 0 amide bonds. The molecule has 0 bridgehead atoms. The van der Waals surface area contributed by atoms with Crippen LogP contribution in [0.5, 0.6) is 5.75 Å². The van der Waals surface area contributed by atoms with Gasteiger partial charge in [0.2, 0.25) is 0 Å². The van der Waals surface area contributed by atoms with E-state index < -0.39 is 0 Å². The van der Waals surface area contributed by atoms with Crippen LogP contribution in [0.25, 0.3) is 0 Å². The molecular weight excluding hydrogens is 190 g/mol. The molecule has 1 aliphatic rings. The number of hydrogen-bond donors (Lipinski definition) is 1. The molecule has 0 spiro atoms. The van der Waals surface area contributed by atoms with E-state index in [2.05, 4.69) is 30.8 Å². The van der Waals surface area contributed by atoms with Gasteiger partial charge in [0.1, 0.15) is 11.4 Å². The fourth-order valence-electron chi connectivity index (χ4n) is 2.00. The summed E-state index contributed by atoms with van der Waals surface area (Å²) in [4.78, 5) is 4.57. The molecule has 0 aliphatic carbocycles. The zero-order valence-corrected chi connectivity index (χ0v) is 9.25. The lowest BCUT2D eigenvalue weighted by Gasteiger charge is -2.16. The van der Waals surface area contributed by atoms with Crippen molar-refractivity contribution in [3.05, 3.63) is 29.3 Å². The molecule has 0 unspecified atom stereocenters. The average molecular weight is 207 g/mol. The Morgan fingerprint density at radius 2 is 2.27 bits per heavy atom. The van der Waals surface area contributed by atoms with E-state index in [0.717, 1.165) is 18.6 Å². The minimum absolute atomic E-state index is 0.0642. The molecule has 2 N–H and O–H groups in total. The van der Waals surface area contributed by atoms with Crippen LogP contribution < -0.4 is 10.6 Å². The molecular formula is C12H17NO2. The van der Waals surface area contributed by atoms with Crippen molar-refractivity contribution in [1.82, 2.24) is 0 Å². The number of rotatable bonds is 3. The van der Waals surface area contributed by atoms with Crippen LogP contribution in [0.2, 0.25) is 0 Å². The fraction of sp³-hybridized carbons (Fsp3) is 0.500. The van der Waals surface area contributed by atoms with Crippen molar-refractivity contribution in [3.63, 3.8) is 0 Å². The molecule has 3 nitrogen and oxygen atoms in total. The van der Waals surface area contributed by atoms with E-state index in [9.17, 15) is 0 Å². The van der Waals surface area contributed by atoms with E-state index in [0.29, 0.717) is 6.61 Å². The highest BCUT2D eigenvalue weighted by molar-refractivity contribution is 5.41. The van der Waals surface area contributed by atoms with Gasteiger partial charge in [0, 0.05) is 6.42 Å². The molecule has 1 aromatic carbocycles. The smallest absolute Gasteiger partial charge is 0.123 e. The second kappa shape index (κ2) is 3.83. The van der Waals surface area contributed by atoms with Crippen molar-refractivity contribution in [1.29, 1.82) is 0 Å². The zero-order chi connectivity index (χ0) is 10.9. The van der Waals surface area contributed by atoms with E-state index in [-0.39, 0.29) is 5.60 Å². The molecule has 0 radical (unpaired) electrons. The number of fused-ring (bicyclic) bond motifs is 1. The van der Waals surface area contributed by atoms with Crippen LogP contribution in [-0.4, -0.2) is 12.2 Å². The van der Waals surface area contributed by atoms with Crippen molar-refractivity contribution in [2.24, 2.45) is 5.90 Å². The van der Waals surface area contributed by atoms with Crippen LogP contribution in [-0.2, 0) is 17.7 Å². The quantitative estimate of drug-likeness (QED) is 0.769. The predicted octanol–water partition coefficient (Wildman–Crippen LogP) is 1.83. The maximum atomic E-state index is 5.80. The highest BCUT2D eigenvalue weighted by Crippen LogP contribution is 2.35. The topological polar surface area (TPSA) is 44.5 Å². The Morgan fingerprint density at radius 3 is 3.00 bits per heavy atom. The molecule has 0 fully saturated rings. The first-order valence-corrected chi connectivity index (χ1v) is 5.23. The van der Waals surface area contributed by atoms with Gasteiger partial charge in [0.25, 0.3) is 0 Å². The zero-order valence-electron chi connectivity index (χ0n) is 9.25. The molecule has 0 saturated heterocycles. The molecule has 0 atom stereocenters. The van der Waals surface area contributed by atoms with Gasteiger partial charge >= 0.3 is 0 Å². The predicted molar refractivity (Wildman–Crippen MR) is 58.7 cm³/mol. The van der Waals surface area contributed by atoms with Crippen molar-refractivity contribution < 1.29 is 9.57 Å². The third-order valence-electron chi connectivity index (χ3n) is 2.64. The van der Waals surface area contributed by atoms with Crippen LogP contribution >= 0.6 is 0 Å². The van der Waals surface area contributed by atoms with E-state index in [1.165, 1.54) is 11.1 Å². The number of nitrogens with two attached hydrogens (primary N) is 1. The highest BCUT2D eigenvalue weighted by atomic mass is 16.6. The number of ether oxygens (including phenoxy) is 1. The second-order valence-electron chi connectivity index (χ2n) is 4.60. The van der Waals surface area contributed by atoms with Crippen molar-refractivity contribution >= 4 is 0 Å². The average Bonchev–Trinajstić information content (AvgIpc) is 2.47. The van der Waals surface area contributed by atoms with E-state index in [4.69, 9.17) is 10.6 Å². The van der Waals surface area contributed by atoms with Gasteiger partial charge in [-0.25, -0.2) is 5.90 Å². The lowest BCUT2D eigenvalue weighted by molar-refractivity contribution is 0.138. The molecule has 15 heavy (non-hydrogen) atoms. The summed E-state index contributed by atoms with van der Waals surface area (Å²) in [5.41, 5.74) is 2.47. The molecule has 1 heterocycles. The monoisotopic (exact) mass is 207 g/mol. The molecule has 0 saturated carbocycles. The van der Waals surface area contributed by atoms with Gasteiger partial charge < -0.3 is 9.57 Å². The highest BCUT2D eigenvalue weighted by Gasteiger charge is 2.29. The summed E-state index contributed by atoms with van der Waals surface area (Å²) in [6, 6.07) is 6.29. The van der Waals surface area contributed by atoms with Gasteiger partial charge in [-0.15, -0.1) is 0 Å². The molecule has 3 heteroatoms. The lowest BCUT2D eigenvalue weighted by atomic mass is 9.99. The van der Waals surface area contributed by atoms with Crippen LogP contribution in [0.1, 0.15) is 25.0 Å². The van der Waals surface area contributed by atoms with E-state index in [1.54, 1.807) is 0 Å². The van der Waals surface area contributed by atoms with Gasteiger partial charge in [-0.05, 0) is 37.5 Å². The second-order valence-corrected chi connectivity index (χ2v) is 4.60. The van der Waals surface area contributed by atoms with Gasteiger partial charge in [-0.3, -0.25) is 0 Å². The summed E-state index contributed by atoms with van der Waals surface area (Å²) in [6.45, 7) is 4.77. The van der Waals surface area contributed by atoms with Crippen LogP contribution in [0.15, 0.2) is 18.2 Å². The summed E-state index contributed by atoms with van der Waals surface area (Å²) in [7, 11) is 0. The Morgan fingerprint density at radius 1 is 1.47 bits per heavy atom. The Balaban J connectivity index is 2.15. The Labute approximate surface area is 90.1 Å². The van der Waals surface area contributed by atoms with Crippen LogP contribution in [0, 0.1) is 0 Å². The van der Waals surface area contributed by atoms with Gasteiger partial charge in [-0.1, -0.05) is 12.1 Å². The van der Waals surface area contributed by atoms with Gasteiger partial charge in [-0.2, -0.15) is 0 Å². The first kappa shape index (κ1) is 10.5. The van der Waals surface area contributed by atoms with Crippen LogP contribution in [0.3, 0.4) is 0 Å². The number of benzene rings is 1. The first-order chi connectivity index (χ1) is 7.11. The van der Waals surface area contributed by atoms with E-state index >= 15 is 0 Å².